The number of carbonyl (C=O) groups is 4. The van der Waals surface area contributed by atoms with Gasteiger partial charge in [-0.1, -0.05) is 48.5 Å². The molecule has 4 N–H and O–H groups in total. The highest BCUT2D eigenvalue weighted by molar-refractivity contribution is 6.06. The van der Waals surface area contributed by atoms with E-state index in [-0.39, 0.29) is 24.5 Å². The third-order valence-electron chi connectivity index (χ3n) is 5.74. The van der Waals surface area contributed by atoms with E-state index in [4.69, 9.17) is 0 Å². The van der Waals surface area contributed by atoms with E-state index in [1.807, 2.05) is 0 Å². The molecule has 0 radical (unpaired) electrons. The van der Waals surface area contributed by atoms with Crippen LogP contribution in [-0.4, -0.2) is 46.7 Å². The molecule has 0 spiro atoms. The third kappa shape index (κ3) is 8.82. The van der Waals surface area contributed by atoms with Gasteiger partial charge in [0.25, 0.3) is 23.6 Å². The first-order valence-corrected chi connectivity index (χ1v) is 13.0. The van der Waals surface area contributed by atoms with Gasteiger partial charge in [0.05, 0.1) is 0 Å². The van der Waals surface area contributed by atoms with E-state index in [1.54, 1.807) is 110 Å². The van der Waals surface area contributed by atoms with Crippen LogP contribution in [0.15, 0.2) is 121 Å². The van der Waals surface area contributed by atoms with Gasteiger partial charge < -0.3 is 21.3 Å². The number of benzene rings is 2. The second kappa shape index (κ2) is 15.0. The molecular formula is C32H28N6O4. The number of aromatic nitrogens is 2. The summed E-state index contributed by atoms with van der Waals surface area (Å²) in [5.74, 6) is -2.01. The van der Waals surface area contributed by atoms with Gasteiger partial charge in [0.2, 0.25) is 0 Å². The number of carbonyl (C=O) groups excluding carboxylic acids is 4. The fourth-order valence-electron chi connectivity index (χ4n) is 3.68. The Bertz CT molecular complexity index is 1450. The van der Waals surface area contributed by atoms with Crippen LogP contribution in [0.3, 0.4) is 0 Å². The molecule has 42 heavy (non-hydrogen) atoms. The highest BCUT2D eigenvalue weighted by Crippen LogP contribution is 2.08. The first-order valence-electron chi connectivity index (χ1n) is 13.0. The van der Waals surface area contributed by atoms with Crippen LogP contribution in [0.4, 0.5) is 0 Å². The molecule has 2 aromatic carbocycles. The minimum Gasteiger partial charge on any atom is -0.349 e. The van der Waals surface area contributed by atoms with Crippen molar-refractivity contribution in [3.63, 3.8) is 0 Å². The summed E-state index contributed by atoms with van der Waals surface area (Å²) in [6.45, 7) is 0.0892. The van der Waals surface area contributed by atoms with Crippen molar-refractivity contribution >= 4 is 35.8 Å². The second-order valence-electron chi connectivity index (χ2n) is 8.84. The molecule has 210 valence electrons. The number of amides is 4. The zero-order valence-electron chi connectivity index (χ0n) is 22.5. The van der Waals surface area contributed by atoms with E-state index < -0.39 is 23.6 Å². The number of pyridine rings is 2. The largest absolute Gasteiger partial charge is 0.349 e. The first-order chi connectivity index (χ1) is 20.5. The van der Waals surface area contributed by atoms with E-state index in [1.165, 1.54) is 12.2 Å². The Kier molecular flexibility index (Phi) is 10.4. The monoisotopic (exact) mass is 560 g/mol. The fourth-order valence-corrected chi connectivity index (χ4v) is 3.68. The normalized spacial score (nSPS) is 11.2. The van der Waals surface area contributed by atoms with Gasteiger partial charge in [-0.15, -0.1) is 0 Å². The van der Waals surface area contributed by atoms with Crippen LogP contribution in [-0.2, 0) is 9.59 Å². The molecule has 10 heteroatoms. The van der Waals surface area contributed by atoms with E-state index in [9.17, 15) is 19.2 Å². The molecular weight excluding hydrogens is 532 g/mol. The molecule has 0 aliphatic rings. The molecule has 0 aliphatic heterocycles. The number of hydrogen-bond acceptors (Lipinski definition) is 6. The lowest BCUT2D eigenvalue weighted by Gasteiger charge is -2.13. The maximum Gasteiger partial charge on any atom is 0.267 e. The molecule has 10 nitrogen and oxygen atoms in total. The predicted octanol–water partition coefficient (Wildman–Crippen LogP) is 2.95. The SMILES string of the molecule is O=C(NCCNC(=O)C(=Cc1cccnc1)NC(=O)c1ccccc1)C(=Cc1cccnc1)NC(=O)c1ccccc1. The van der Waals surface area contributed by atoms with E-state index in [0.717, 1.165) is 0 Å². The lowest BCUT2D eigenvalue weighted by Crippen LogP contribution is -2.41. The summed E-state index contributed by atoms with van der Waals surface area (Å²) < 4.78 is 0. The Labute approximate surface area is 242 Å². The summed E-state index contributed by atoms with van der Waals surface area (Å²) in [4.78, 5) is 59.6. The van der Waals surface area contributed by atoms with Gasteiger partial charge >= 0.3 is 0 Å². The van der Waals surface area contributed by atoms with Crippen LogP contribution < -0.4 is 21.3 Å². The van der Waals surface area contributed by atoms with Crippen molar-refractivity contribution in [1.82, 2.24) is 31.2 Å². The zero-order chi connectivity index (χ0) is 29.6. The van der Waals surface area contributed by atoms with Crippen LogP contribution in [0.25, 0.3) is 12.2 Å². The number of hydrogen-bond donors (Lipinski definition) is 4. The summed E-state index contributed by atoms with van der Waals surface area (Å²) in [5, 5.41) is 10.7. The highest BCUT2D eigenvalue weighted by atomic mass is 16.2. The fraction of sp³-hybridized carbons (Fsp3) is 0.0625. The number of rotatable bonds is 11. The van der Waals surface area contributed by atoms with Crippen molar-refractivity contribution in [2.45, 2.75) is 0 Å². The summed E-state index contributed by atoms with van der Waals surface area (Å²) in [6.07, 6.45) is 9.33. The smallest absolute Gasteiger partial charge is 0.267 e. The molecule has 0 fully saturated rings. The molecule has 0 aliphatic carbocycles. The van der Waals surface area contributed by atoms with E-state index >= 15 is 0 Å². The predicted molar refractivity (Wildman–Crippen MR) is 158 cm³/mol. The number of nitrogens with one attached hydrogen (secondary N) is 4. The molecule has 4 rings (SSSR count). The van der Waals surface area contributed by atoms with Gasteiger partial charge in [-0.2, -0.15) is 0 Å². The van der Waals surface area contributed by atoms with Crippen LogP contribution >= 0.6 is 0 Å². The van der Waals surface area contributed by atoms with Gasteiger partial charge in [-0.25, -0.2) is 0 Å². The molecule has 4 aromatic rings. The van der Waals surface area contributed by atoms with Gasteiger partial charge in [0.15, 0.2) is 0 Å². The van der Waals surface area contributed by atoms with Crippen LogP contribution in [0.2, 0.25) is 0 Å². The van der Waals surface area contributed by atoms with Crippen molar-refractivity contribution in [2.75, 3.05) is 13.1 Å². The maximum absolute atomic E-state index is 13.0. The molecule has 0 saturated carbocycles. The minimum atomic E-state index is -0.555. The minimum absolute atomic E-state index is 0.00969. The Balaban J connectivity index is 1.40. The van der Waals surface area contributed by atoms with Crippen molar-refractivity contribution in [3.05, 3.63) is 143 Å². The molecule has 0 saturated heterocycles. The van der Waals surface area contributed by atoms with Crippen molar-refractivity contribution in [3.8, 4) is 0 Å². The summed E-state index contributed by atoms with van der Waals surface area (Å²) in [6, 6.07) is 23.9. The summed E-state index contributed by atoms with van der Waals surface area (Å²) in [5.41, 5.74) is 2.03. The molecule has 0 atom stereocenters. The maximum atomic E-state index is 13.0. The summed E-state index contributed by atoms with van der Waals surface area (Å²) in [7, 11) is 0. The third-order valence-corrected chi connectivity index (χ3v) is 5.74. The lowest BCUT2D eigenvalue weighted by atomic mass is 10.2. The number of nitrogens with zero attached hydrogens (tertiary/aromatic N) is 2. The molecule has 2 aromatic heterocycles. The Hall–Kier alpha value is -5.90. The Morgan fingerprint density at radius 2 is 0.952 bits per heavy atom. The first kappa shape index (κ1) is 29.1. The summed E-state index contributed by atoms with van der Waals surface area (Å²) >= 11 is 0. The zero-order valence-corrected chi connectivity index (χ0v) is 22.5. The van der Waals surface area contributed by atoms with Gasteiger partial charge in [-0.05, 0) is 59.7 Å². The van der Waals surface area contributed by atoms with Crippen LogP contribution in [0.5, 0.6) is 0 Å². The Morgan fingerprint density at radius 3 is 1.31 bits per heavy atom. The average Bonchev–Trinajstić information content (AvgIpc) is 3.04. The molecule has 0 unspecified atom stereocenters. The van der Waals surface area contributed by atoms with Crippen molar-refractivity contribution in [2.24, 2.45) is 0 Å². The molecule has 4 amide bonds. The lowest BCUT2D eigenvalue weighted by molar-refractivity contribution is -0.119. The van der Waals surface area contributed by atoms with Crippen molar-refractivity contribution < 1.29 is 19.2 Å². The second-order valence-corrected chi connectivity index (χ2v) is 8.84. The van der Waals surface area contributed by atoms with Crippen LogP contribution in [0.1, 0.15) is 31.8 Å². The molecule has 0 bridgehead atoms. The van der Waals surface area contributed by atoms with Crippen LogP contribution in [0, 0.1) is 0 Å². The topological polar surface area (TPSA) is 142 Å². The molecule has 2 heterocycles. The standard InChI is InChI=1S/C32H28N6O4/c39-29(25-11-3-1-4-12-25)37-27(19-23-9-7-15-33-21-23)31(41)35-17-18-36-32(42)28(20-24-10-8-16-34-22-24)38-30(40)26-13-5-2-6-14-26/h1-16,19-22H,17-18H2,(H,35,41)(H,36,42)(H,37,39)(H,38,40). The van der Waals surface area contributed by atoms with Gasteiger partial charge in [-0.3, -0.25) is 29.1 Å². The van der Waals surface area contributed by atoms with Gasteiger partial charge in [0, 0.05) is 49.0 Å². The van der Waals surface area contributed by atoms with Crippen molar-refractivity contribution in [1.29, 1.82) is 0 Å². The highest BCUT2D eigenvalue weighted by Gasteiger charge is 2.16. The van der Waals surface area contributed by atoms with Gasteiger partial charge in [0.1, 0.15) is 11.4 Å². The van der Waals surface area contributed by atoms with E-state index in [0.29, 0.717) is 22.3 Å². The average molecular weight is 561 g/mol. The van der Waals surface area contributed by atoms with E-state index in [2.05, 4.69) is 31.2 Å². The Morgan fingerprint density at radius 1 is 0.548 bits per heavy atom. The quantitative estimate of drug-likeness (QED) is 0.164.